The number of aromatic nitrogens is 6. The number of para-hydroxylation sites is 6. The molecule has 0 fully saturated rings. The van der Waals surface area contributed by atoms with Crippen molar-refractivity contribution in [3.05, 3.63) is 146 Å². The highest BCUT2D eigenvalue weighted by atomic mass is 16.4. The summed E-state index contributed by atoms with van der Waals surface area (Å²) >= 11 is 0. The van der Waals surface area contributed by atoms with Crippen LogP contribution in [-0.4, -0.2) is 29.9 Å². The molecule has 10 aromatic rings. The highest BCUT2D eigenvalue weighted by molar-refractivity contribution is 5.79. The number of hydrogen-bond acceptors (Lipinski definition) is 9. The first kappa shape index (κ1) is 28.7. The van der Waals surface area contributed by atoms with E-state index in [1.54, 1.807) is 0 Å². The van der Waals surface area contributed by atoms with Crippen molar-refractivity contribution in [3.63, 3.8) is 0 Å². The molecule has 0 atom stereocenters. The number of fused-ring (bicyclic) bond motifs is 3. The minimum absolute atomic E-state index is 0.533. The van der Waals surface area contributed by atoms with Gasteiger partial charge in [-0.1, -0.05) is 72.8 Å². The average Bonchev–Trinajstić information content (AvgIpc) is 3.95. The van der Waals surface area contributed by atoms with Gasteiger partial charge in [-0.3, -0.25) is 0 Å². The Morgan fingerprint density at radius 2 is 0.510 bits per heavy atom. The Kier molecular flexibility index (Phi) is 6.60. The Morgan fingerprint density at radius 1 is 0.255 bits per heavy atom. The lowest BCUT2D eigenvalue weighted by atomic mass is 10.1. The van der Waals surface area contributed by atoms with E-state index in [4.69, 9.17) is 28.2 Å². The SMILES string of the molecule is c1ccc2oc(-c3ccc(-c4nc(-c5ccc(-c6nc7ccccc7o6)cc5)nc(-c5ccc(-c6nc7ccccc7o6)cc5)n4)cc3)nc2c1. The van der Waals surface area contributed by atoms with Gasteiger partial charge in [0.15, 0.2) is 34.2 Å². The highest BCUT2D eigenvalue weighted by Gasteiger charge is 2.16. The normalized spacial score (nSPS) is 11.5. The van der Waals surface area contributed by atoms with Crippen molar-refractivity contribution in [2.24, 2.45) is 0 Å². The molecule has 4 heterocycles. The van der Waals surface area contributed by atoms with E-state index in [1.807, 2.05) is 146 Å². The van der Waals surface area contributed by atoms with E-state index < -0.39 is 0 Å². The van der Waals surface area contributed by atoms with Crippen LogP contribution in [0.4, 0.5) is 0 Å². The Morgan fingerprint density at radius 3 is 0.784 bits per heavy atom. The molecule has 9 nitrogen and oxygen atoms in total. The molecule has 0 aliphatic heterocycles. The van der Waals surface area contributed by atoms with Gasteiger partial charge in [0.05, 0.1) is 0 Å². The van der Waals surface area contributed by atoms with Crippen LogP contribution >= 0.6 is 0 Å². The van der Waals surface area contributed by atoms with Crippen molar-refractivity contribution in [1.82, 2.24) is 29.9 Å². The molecule has 6 aromatic carbocycles. The van der Waals surface area contributed by atoms with Gasteiger partial charge in [-0.15, -0.1) is 0 Å². The summed E-state index contributed by atoms with van der Waals surface area (Å²) in [6, 6.07) is 46.8. The van der Waals surface area contributed by atoms with Crippen LogP contribution in [0.2, 0.25) is 0 Å². The molecule has 0 saturated heterocycles. The molecule has 0 aliphatic carbocycles. The summed E-state index contributed by atoms with van der Waals surface area (Å²) in [5.41, 5.74) is 9.71. The molecule has 0 saturated carbocycles. The third-order valence-corrected chi connectivity index (χ3v) is 8.69. The van der Waals surface area contributed by atoms with Crippen LogP contribution in [-0.2, 0) is 0 Å². The summed E-state index contributed by atoms with van der Waals surface area (Å²) < 4.78 is 18.0. The van der Waals surface area contributed by atoms with E-state index in [2.05, 4.69) is 15.0 Å². The average molecular weight is 661 g/mol. The van der Waals surface area contributed by atoms with E-state index in [9.17, 15) is 0 Å². The fourth-order valence-electron chi connectivity index (χ4n) is 6.04. The molecule has 0 bridgehead atoms. The van der Waals surface area contributed by atoms with Gasteiger partial charge in [-0.05, 0) is 72.8 Å². The van der Waals surface area contributed by atoms with Crippen LogP contribution in [0.3, 0.4) is 0 Å². The Bertz CT molecular complexity index is 2430. The van der Waals surface area contributed by atoms with Crippen LogP contribution in [0.15, 0.2) is 159 Å². The maximum Gasteiger partial charge on any atom is 0.227 e. The number of hydrogen-bond donors (Lipinski definition) is 0. The zero-order valence-corrected chi connectivity index (χ0v) is 26.8. The first-order chi connectivity index (χ1) is 25.2. The van der Waals surface area contributed by atoms with Gasteiger partial charge < -0.3 is 13.3 Å². The third-order valence-electron chi connectivity index (χ3n) is 8.69. The highest BCUT2D eigenvalue weighted by Crippen LogP contribution is 2.31. The largest absolute Gasteiger partial charge is 0.436 e. The second kappa shape index (κ2) is 11.7. The molecule has 0 aliphatic rings. The standard InChI is InChI=1S/C42H24N6O3/c1-4-10-34-31(7-1)43-40(49-34)28-19-13-25(14-20-28)37-46-38(26-15-21-29(22-16-26)41-44-32-8-2-5-11-35(32)50-41)48-39(47-37)27-17-23-30(24-18-27)42-45-33-9-3-6-12-36(33)51-42/h1-24H. The van der Waals surface area contributed by atoms with Crippen LogP contribution in [0.25, 0.3) is 102 Å². The van der Waals surface area contributed by atoms with Gasteiger partial charge in [0, 0.05) is 33.4 Å². The van der Waals surface area contributed by atoms with Gasteiger partial charge in [0.1, 0.15) is 16.6 Å². The zero-order chi connectivity index (χ0) is 33.7. The van der Waals surface area contributed by atoms with Gasteiger partial charge in [0.2, 0.25) is 17.7 Å². The van der Waals surface area contributed by atoms with E-state index in [1.165, 1.54) is 0 Å². The second-order valence-corrected chi connectivity index (χ2v) is 12.0. The summed E-state index contributed by atoms with van der Waals surface area (Å²) in [5, 5.41) is 0. The van der Waals surface area contributed by atoms with Gasteiger partial charge >= 0.3 is 0 Å². The molecule has 0 amide bonds. The molecule has 9 heteroatoms. The molecular weight excluding hydrogens is 637 g/mol. The van der Waals surface area contributed by atoms with E-state index >= 15 is 0 Å². The lowest BCUT2D eigenvalue weighted by Gasteiger charge is -2.09. The van der Waals surface area contributed by atoms with Crippen molar-refractivity contribution in [1.29, 1.82) is 0 Å². The summed E-state index contributed by atoms with van der Waals surface area (Å²) in [4.78, 5) is 28.7. The van der Waals surface area contributed by atoms with E-state index in [0.717, 1.165) is 66.7 Å². The van der Waals surface area contributed by atoms with E-state index in [-0.39, 0.29) is 0 Å². The Balaban J connectivity index is 1.03. The number of benzene rings is 6. The summed E-state index contributed by atoms with van der Waals surface area (Å²) in [7, 11) is 0. The Hall–Kier alpha value is -7.26. The lowest BCUT2D eigenvalue weighted by Crippen LogP contribution is -2.00. The van der Waals surface area contributed by atoms with Gasteiger partial charge in [-0.25, -0.2) is 29.9 Å². The van der Waals surface area contributed by atoms with Crippen molar-refractivity contribution < 1.29 is 13.3 Å². The fraction of sp³-hybridized carbons (Fsp3) is 0. The summed E-state index contributed by atoms with van der Waals surface area (Å²) in [5.74, 6) is 3.26. The zero-order valence-electron chi connectivity index (χ0n) is 26.8. The molecule has 10 rings (SSSR count). The minimum Gasteiger partial charge on any atom is -0.436 e. The number of nitrogens with zero attached hydrogens (tertiary/aromatic N) is 6. The van der Waals surface area contributed by atoms with Crippen LogP contribution in [0, 0.1) is 0 Å². The van der Waals surface area contributed by atoms with Gasteiger partial charge in [-0.2, -0.15) is 0 Å². The molecule has 0 spiro atoms. The number of oxazole rings is 3. The quantitative estimate of drug-likeness (QED) is 0.172. The van der Waals surface area contributed by atoms with Crippen molar-refractivity contribution >= 4 is 33.3 Å². The van der Waals surface area contributed by atoms with E-state index in [0.29, 0.717) is 35.1 Å². The topological polar surface area (TPSA) is 117 Å². The van der Waals surface area contributed by atoms with Crippen LogP contribution in [0.1, 0.15) is 0 Å². The smallest absolute Gasteiger partial charge is 0.227 e. The fourth-order valence-corrected chi connectivity index (χ4v) is 6.04. The minimum atomic E-state index is 0.533. The second-order valence-electron chi connectivity index (χ2n) is 12.0. The maximum absolute atomic E-state index is 6.00. The molecule has 240 valence electrons. The van der Waals surface area contributed by atoms with Crippen molar-refractivity contribution in [2.75, 3.05) is 0 Å². The molecule has 0 N–H and O–H groups in total. The predicted molar refractivity (Wildman–Crippen MR) is 195 cm³/mol. The predicted octanol–water partition coefficient (Wildman–Crippen LogP) is 10.3. The number of rotatable bonds is 6. The molecular formula is C42H24N6O3. The van der Waals surface area contributed by atoms with Crippen molar-refractivity contribution in [2.45, 2.75) is 0 Å². The first-order valence-corrected chi connectivity index (χ1v) is 16.4. The monoisotopic (exact) mass is 660 g/mol. The van der Waals surface area contributed by atoms with Crippen LogP contribution in [0.5, 0.6) is 0 Å². The summed E-state index contributed by atoms with van der Waals surface area (Å²) in [6.45, 7) is 0. The molecule has 4 aromatic heterocycles. The molecule has 0 radical (unpaired) electrons. The third kappa shape index (κ3) is 5.30. The van der Waals surface area contributed by atoms with Crippen molar-refractivity contribution in [3.8, 4) is 68.5 Å². The first-order valence-electron chi connectivity index (χ1n) is 16.4. The van der Waals surface area contributed by atoms with Crippen LogP contribution < -0.4 is 0 Å². The molecule has 0 unspecified atom stereocenters. The lowest BCUT2D eigenvalue weighted by molar-refractivity contribution is 0.619. The Labute approximate surface area is 290 Å². The maximum atomic E-state index is 6.00. The van der Waals surface area contributed by atoms with Gasteiger partial charge in [0.25, 0.3) is 0 Å². The molecule has 51 heavy (non-hydrogen) atoms. The summed E-state index contributed by atoms with van der Waals surface area (Å²) in [6.07, 6.45) is 0.